The average Bonchev–Trinajstić information content (AvgIpc) is 3.53. The van der Waals surface area contributed by atoms with Crippen LogP contribution < -0.4 is 5.32 Å². The maximum atomic E-state index is 14.5. The molecule has 2 aromatic carbocycles. The van der Waals surface area contributed by atoms with Gasteiger partial charge in [-0.1, -0.05) is 81.4 Å². The number of carbonyl (C=O) groups is 3. The minimum absolute atomic E-state index is 0.159. The average molecular weight is 856 g/mol. The maximum Gasteiger partial charge on any atom is 0.509 e. The van der Waals surface area contributed by atoms with E-state index in [1.807, 2.05) is 107 Å². The van der Waals surface area contributed by atoms with Crippen LogP contribution in [-0.2, 0) is 44.5 Å². The highest BCUT2D eigenvalue weighted by molar-refractivity contribution is 5.74. The van der Waals surface area contributed by atoms with Gasteiger partial charge in [-0.15, -0.1) is 0 Å². The molecule has 15 nitrogen and oxygen atoms in total. The molecule has 3 saturated heterocycles. The van der Waals surface area contributed by atoms with E-state index in [1.54, 1.807) is 39.8 Å². The summed E-state index contributed by atoms with van der Waals surface area (Å²) in [5.41, 5.74) is -1.60. The van der Waals surface area contributed by atoms with Crippen LogP contribution in [0.15, 0.2) is 60.7 Å². The molecule has 3 fully saturated rings. The summed E-state index contributed by atoms with van der Waals surface area (Å²) in [6, 6.07) is 17.7. The molecule has 1 unspecified atom stereocenters. The van der Waals surface area contributed by atoms with Crippen LogP contribution in [0.4, 0.5) is 9.59 Å². The lowest BCUT2D eigenvalue weighted by atomic mass is 9.77. The van der Waals surface area contributed by atoms with E-state index >= 15 is 0 Å². The van der Waals surface area contributed by atoms with Crippen molar-refractivity contribution in [2.75, 3.05) is 27.7 Å². The fourth-order valence-corrected chi connectivity index (χ4v) is 9.46. The van der Waals surface area contributed by atoms with Crippen molar-refractivity contribution < 1.29 is 57.8 Å². The summed E-state index contributed by atoms with van der Waals surface area (Å²) in [4.78, 5) is 45.0. The van der Waals surface area contributed by atoms with Crippen molar-refractivity contribution in [1.29, 1.82) is 0 Å². The minimum Gasteiger partial charge on any atom is -0.458 e. The molecule has 61 heavy (non-hydrogen) atoms. The van der Waals surface area contributed by atoms with Crippen molar-refractivity contribution in [3.8, 4) is 0 Å². The first-order valence-electron chi connectivity index (χ1n) is 21.6. The molecule has 3 heterocycles. The number of esters is 1. The van der Waals surface area contributed by atoms with E-state index in [9.17, 15) is 24.6 Å². The quantitative estimate of drug-likeness (QED) is 0.148. The molecule has 0 radical (unpaired) electrons. The molecule has 1 amide bonds. The van der Waals surface area contributed by atoms with Crippen LogP contribution in [0.3, 0.4) is 0 Å². The van der Waals surface area contributed by atoms with Gasteiger partial charge in [0, 0.05) is 36.7 Å². The monoisotopic (exact) mass is 855 g/mol. The van der Waals surface area contributed by atoms with Crippen LogP contribution in [-0.4, -0.2) is 132 Å². The number of cyclic esters (lactones) is 1. The number of likely N-dealkylation sites (N-methyl/N-ethyl adjacent to an activating group) is 2. The largest absolute Gasteiger partial charge is 0.509 e. The lowest BCUT2D eigenvalue weighted by molar-refractivity contribution is -0.324. The molecule has 2 aromatic rings. The van der Waals surface area contributed by atoms with Gasteiger partial charge in [0.05, 0.1) is 23.7 Å². The number of benzene rings is 2. The Morgan fingerprint density at radius 3 is 2.25 bits per heavy atom. The van der Waals surface area contributed by atoms with E-state index in [-0.39, 0.29) is 43.5 Å². The predicted molar refractivity (Wildman–Crippen MR) is 226 cm³/mol. The van der Waals surface area contributed by atoms with E-state index in [2.05, 4.69) is 5.32 Å². The highest BCUT2D eigenvalue weighted by atomic mass is 16.8. The Hall–Kier alpha value is -3.83. The molecular weight excluding hydrogens is 787 g/mol. The van der Waals surface area contributed by atoms with Crippen LogP contribution in [0.2, 0.25) is 0 Å². The van der Waals surface area contributed by atoms with Gasteiger partial charge >= 0.3 is 18.2 Å². The Morgan fingerprint density at radius 2 is 1.62 bits per heavy atom. The van der Waals surface area contributed by atoms with Crippen molar-refractivity contribution in [2.24, 2.45) is 17.8 Å². The molecular formula is C46H69N3O12. The molecule has 0 spiro atoms. The van der Waals surface area contributed by atoms with Crippen molar-refractivity contribution in [3.05, 3.63) is 71.8 Å². The second-order valence-electron chi connectivity index (χ2n) is 18.1. The normalized spacial score (nSPS) is 37.3. The third kappa shape index (κ3) is 11.6. The van der Waals surface area contributed by atoms with E-state index < -0.39 is 84.4 Å². The second kappa shape index (κ2) is 20.6. The molecule has 340 valence electrons. The summed E-state index contributed by atoms with van der Waals surface area (Å²) < 4.78 is 44.0. The molecule has 15 atom stereocenters. The van der Waals surface area contributed by atoms with Gasteiger partial charge < -0.3 is 53.6 Å². The lowest BCUT2D eigenvalue weighted by Gasteiger charge is -2.48. The lowest BCUT2D eigenvalue weighted by Crippen LogP contribution is -2.60. The number of hydrogen-bond acceptors (Lipinski definition) is 14. The van der Waals surface area contributed by atoms with E-state index in [1.165, 1.54) is 0 Å². The van der Waals surface area contributed by atoms with Gasteiger partial charge in [-0.2, -0.15) is 0 Å². The van der Waals surface area contributed by atoms with E-state index in [0.29, 0.717) is 18.5 Å². The standard InChI is InChI=1S/C46H69N3O12/c1-12-35-46(8)39(60-44(53)61-46)31(6)49(11)26-27(2)24-45(7,54)38(29(4)36(30(5)40(50)56-35)58-43(52)47-25-32-19-15-13-16-20-32)59-42-37(34(48(9)10)23-28(3)55-42)57-41(51)33-21-17-14-18-22-33/h13-22,27-31,34-39,41-42,51,54H,12,23-26H2,1-11H3,(H,47,52)/t27-,28-,29+,30-,31-,34+,35-,36+,37-,38-,39-,41?,42+,45-,46-/m1/s1. The summed E-state index contributed by atoms with van der Waals surface area (Å²) in [6.07, 6.45) is -8.33. The highest BCUT2D eigenvalue weighted by Crippen LogP contribution is 2.41. The highest BCUT2D eigenvalue weighted by Gasteiger charge is 2.58. The smallest absolute Gasteiger partial charge is 0.458 e. The SMILES string of the molecule is CC[C@H]1OC(=O)[C@H](C)[C@@H](OC(=O)NCc2ccccc2)[C@H](C)[C@@H](O[C@@H]2O[C@H](C)C[C@H](N(C)C)[C@H]2OC(O)c2ccccc2)[C@](C)(O)C[C@@H](C)CN(C)[C@H](C)[C@H]2OC(=O)O[C@@]21C. The number of amides is 1. The number of hydrogen-bond donors (Lipinski definition) is 3. The Kier molecular flexibility index (Phi) is 16.3. The van der Waals surface area contributed by atoms with Crippen LogP contribution >= 0.6 is 0 Å². The third-order valence-electron chi connectivity index (χ3n) is 12.8. The molecule has 0 saturated carbocycles. The maximum absolute atomic E-state index is 14.5. The zero-order chi connectivity index (χ0) is 44.8. The molecule has 5 rings (SSSR count). The van der Waals surface area contributed by atoms with Crippen LogP contribution in [0.1, 0.15) is 92.1 Å². The van der Waals surface area contributed by atoms with Crippen molar-refractivity contribution in [1.82, 2.24) is 15.1 Å². The number of carbonyl (C=O) groups excluding carboxylic acids is 3. The van der Waals surface area contributed by atoms with Crippen molar-refractivity contribution in [3.63, 3.8) is 0 Å². The van der Waals surface area contributed by atoms with Crippen LogP contribution in [0, 0.1) is 17.8 Å². The fourth-order valence-electron chi connectivity index (χ4n) is 9.46. The number of aliphatic hydroxyl groups excluding tert-OH is 1. The summed E-state index contributed by atoms with van der Waals surface area (Å²) >= 11 is 0. The molecule has 0 bridgehead atoms. The molecule has 15 heteroatoms. The Balaban J connectivity index is 1.58. The van der Waals surface area contributed by atoms with Gasteiger partial charge in [0.2, 0.25) is 0 Å². The zero-order valence-corrected chi connectivity index (χ0v) is 37.7. The zero-order valence-electron chi connectivity index (χ0n) is 37.7. The van der Waals surface area contributed by atoms with Gasteiger partial charge in [0.25, 0.3) is 0 Å². The van der Waals surface area contributed by atoms with Gasteiger partial charge in [-0.05, 0) is 86.5 Å². The number of aliphatic hydroxyl groups is 2. The second-order valence-corrected chi connectivity index (χ2v) is 18.1. The molecule has 3 aliphatic heterocycles. The van der Waals surface area contributed by atoms with Crippen molar-refractivity contribution >= 4 is 18.2 Å². The number of fused-ring (bicyclic) bond motifs is 1. The summed E-state index contributed by atoms with van der Waals surface area (Å²) in [6.45, 7) is 15.1. The Labute approximate surface area is 361 Å². The van der Waals surface area contributed by atoms with E-state index in [0.717, 1.165) is 5.56 Å². The van der Waals surface area contributed by atoms with Gasteiger partial charge in [-0.25, -0.2) is 9.59 Å². The summed E-state index contributed by atoms with van der Waals surface area (Å²) in [5, 5.41) is 27.0. The first-order chi connectivity index (χ1) is 28.7. The van der Waals surface area contributed by atoms with Crippen molar-refractivity contribution in [2.45, 2.75) is 154 Å². The number of nitrogens with one attached hydrogen (secondary N) is 1. The fraction of sp³-hybridized carbons (Fsp3) is 0.674. The van der Waals surface area contributed by atoms with E-state index in [4.69, 9.17) is 33.2 Å². The molecule has 3 aliphatic rings. The van der Waals surface area contributed by atoms with Gasteiger partial charge in [-0.3, -0.25) is 9.69 Å². The molecule has 3 N–H and O–H groups in total. The molecule has 0 aliphatic carbocycles. The topological polar surface area (TPSA) is 175 Å². The third-order valence-corrected chi connectivity index (χ3v) is 12.8. The van der Waals surface area contributed by atoms with Crippen LogP contribution in [0.5, 0.6) is 0 Å². The minimum atomic E-state index is -1.64. The predicted octanol–water partition coefficient (Wildman–Crippen LogP) is 5.81. The van der Waals surface area contributed by atoms with Gasteiger partial charge in [0.15, 0.2) is 24.3 Å². The van der Waals surface area contributed by atoms with Crippen LogP contribution in [0.25, 0.3) is 0 Å². The number of rotatable bonds is 10. The Morgan fingerprint density at radius 1 is 0.984 bits per heavy atom. The first-order valence-corrected chi connectivity index (χ1v) is 21.6. The molecule has 0 aromatic heterocycles. The summed E-state index contributed by atoms with van der Waals surface area (Å²) in [5.74, 6) is -2.90. The summed E-state index contributed by atoms with van der Waals surface area (Å²) in [7, 11) is 5.74. The van der Waals surface area contributed by atoms with Gasteiger partial charge in [0.1, 0.15) is 18.3 Å². The Bertz CT molecular complexity index is 1730. The number of ether oxygens (including phenoxy) is 7. The number of nitrogens with zero attached hydrogens (tertiary/aromatic N) is 2. The first kappa shape index (κ1) is 48.2. The number of alkyl carbamates (subject to hydrolysis) is 1.